The molecule has 1 aromatic heterocycles. The lowest BCUT2D eigenvalue weighted by atomic mass is 10.1. The molecule has 1 atom stereocenters. The van der Waals surface area contributed by atoms with Gasteiger partial charge in [-0.2, -0.15) is 0 Å². The van der Waals surface area contributed by atoms with Crippen LogP contribution in [0.2, 0.25) is 0 Å². The number of nitrogens with one attached hydrogen (secondary N) is 1. The largest absolute Gasteiger partial charge is 0.468 e. The van der Waals surface area contributed by atoms with Gasteiger partial charge in [0, 0.05) is 0 Å². The maximum Gasteiger partial charge on any atom is 0.243 e. The van der Waals surface area contributed by atoms with E-state index in [9.17, 15) is 8.42 Å². The summed E-state index contributed by atoms with van der Waals surface area (Å²) in [7, 11) is -3.70. The molecule has 3 N–H and O–H groups in total. The Morgan fingerprint density at radius 2 is 1.85 bits per heavy atom. The molecule has 108 valence electrons. The lowest BCUT2D eigenvalue weighted by Crippen LogP contribution is -2.28. The molecule has 1 aromatic carbocycles. The summed E-state index contributed by atoms with van der Waals surface area (Å²) < 4.78 is 32.8. The first-order valence-electron chi connectivity index (χ1n) is 6.24. The molecule has 0 saturated heterocycles. The summed E-state index contributed by atoms with van der Waals surface area (Å²) in [6.07, 6.45) is 1.51. The van der Waals surface area contributed by atoms with Crippen LogP contribution in [0.3, 0.4) is 0 Å². The SMILES string of the molecule is Cc1ccc(C)c(S(=O)(=O)NC(C)c2ccco2)c1N. The summed E-state index contributed by atoms with van der Waals surface area (Å²) in [6, 6.07) is 6.53. The van der Waals surface area contributed by atoms with Crippen LogP contribution in [-0.2, 0) is 10.0 Å². The molecule has 1 heterocycles. The van der Waals surface area contributed by atoms with Gasteiger partial charge in [-0.25, -0.2) is 13.1 Å². The van der Waals surface area contributed by atoms with E-state index < -0.39 is 16.1 Å². The van der Waals surface area contributed by atoms with Crippen molar-refractivity contribution in [2.24, 2.45) is 0 Å². The highest BCUT2D eigenvalue weighted by molar-refractivity contribution is 7.89. The summed E-state index contributed by atoms with van der Waals surface area (Å²) in [4.78, 5) is 0.135. The number of furan rings is 1. The standard InChI is InChI=1S/C14H18N2O3S/c1-9-6-7-10(2)14(13(9)15)20(17,18)16-11(3)12-5-4-8-19-12/h4-8,11,16H,15H2,1-3H3. The van der Waals surface area contributed by atoms with Crippen molar-refractivity contribution in [3.05, 3.63) is 47.4 Å². The van der Waals surface area contributed by atoms with Crippen LogP contribution in [0.15, 0.2) is 39.8 Å². The molecule has 0 amide bonds. The summed E-state index contributed by atoms with van der Waals surface area (Å²) in [5.74, 6) is 0.553. The van der Waals surface area contributed by atoms with E-state index in [0.717, 1.165) is 5.56 Å². The van der Waals surface area contributed by atoms with Gasteiger partial charge in [0.2, 0.25) is 10.0 Å². The molecule has 0 bridgehead atoms. The van der Waals surface area contributed by atoms with Gasteiger partial charge in [0.15, 0.2) is 0 Å². The second-order valence-corrected chi connectivity index (χ2v) is 6.45. The van der Waals surface area contributed by atoms with Crippen molar-refractivity contribution in [1.82, 2.24) is 4.72 Å². The molecule has 0 spiro atoms. The van der Waals surface area contributed by atoms with Gasteiger partial charge < -0.3 is 10.2 Å². The van der Waals surface area contributed by atoms with Gasteiger partial charge >= 0.3 is 0 Å². The Morgan fingerprint density at radius 3 is 2.45 bits per heavy atom. The third-order valence-electron chi connectivity index (χ3n) is 3.18. The molecule has 0 aliphatic rings. The van der Waals surface area contributed by atoms with Crippen LogP contribution in [0, 0.1) is 13.8 Å². The van der Waals surface area contributed by atoms with E-state index in [-0.39, 0.29) is 10.6 Å². The van der Waals surface area contributed by atoms with E-state index in [2.05, 4.69) is 4.72 Å². The van der Waals surface area contributed by atoms with Crippen LogP contribution < -0.4 is 10.5 Å². The molecule has 5 nitrogen and oxygen atoms in total. The molecule has 1 unspecified atom stereocenters. The maximum absolute atomic E-state index is 12.5. The van der Waals surface area contributed by atoms with Crippen LogP contribution in [0.4, 0.5) is 5.69 Å². The van der Waals surface area contributed by atoms with Crippen LogP contribution in [0.5, 0.6) is 0 Å². The van der Waals surface area contributed by atoms with Crippen molar-refractivity contribution >= 4 is 15.7 Å². The fourth-order valence-electron chi connectivity index (χ4n) is 2.05. The highest BCUT2D eigenvalue weighted by Gasteiger charge is 2.24. The number of hydrogen-bond donors (Lipinski definition) is 2. The molecule has 0 fully saturated rings. The Kier molecular flexibility index (Phi) is 3.87. The van der Waals surface area contributed by atoms with Crippen LogP contribution in [-0.4, -0.2) is 8.42 Å². The zero-order valence-electron chi connectivity index (χ0n) is 11.7. The van der Waals surface area contributed by atoms with Crippen LogP contribution in [0.1, 0.15) is 29.9 Å². The molecular weight excluding hydrogens is 276 g/mol. The highest BCUT2D eigenvalue weighted by atomic mass is 32.2. The normalized spacial score (nSPS) is 13.3. The van der Waals surface area contributed by atoms with E-state index in [1.165, 1.54) is 6.26 Å². The van der Waals surface area contributed by atoms with Gasteiger partial charge in [-0.05, 0) is 44.0 Å². The highest BCUT2D eigenvalue weighted by Crippen LogP contribution is 2.27. The van der Waals surface area contributed by atoms with Crippen molar-refractivity contribution in [2.45, 2.75) is 31.7 Å². The molecular formula is C14H18N2O3S. The van der Waals surface area contributed by atoms with Crippen molar-refractivity contribution in [3.63, 3.8) is 0 Å². The Balaban J connectivity index is 2.39. The number of anilines is 1. The maximum atomic E-state index is 12.5. The summed E-state index contributed by atoms with van der Waals surface area (Å²) >= 11 is 0. The van der Waals surface area contributed by atoms with Gasteiger partial charge in [0.25, 0.3) is 0 Å². The Labute approximate surface area is 118 Å². The molecule has 0 saturated carbocycles. The number of benzene rings is 1. The quantitative estimate of drug-likeness (QED) is 0.848. The molecule has 6 heteroatoms. The second kappa shape index (κ2) is 5.30. The first-order valence-corrected chi connectivity index (χ1v) is 7.72. The Hall–Kier alpha value is -1.79. The first kappa shape index (κ1) is 14.6. The topological polar surface area (TPSA) is 85.3 Å². The summed E-state index contributed by atoms with van der Waals surface area (Å²) in [5.41, 5.74) is 7.56. The zero-order valence-corrected chi connectivity index (χ0v) is 12.5. The van der Waals surface area contributed by atoms with E-state index in [0.29, 0.717) is 11.3 Å². The van der Waals surface area contributed by atoms with Crippen molar-refractivity contribution < 1.29 is 12.8 Å². The van der Waals surface area contributed by atoms with Crippen LogP contribution >= 0.6 is 0 Å². The molecule has 0 aliphatic heterocycles. The van der Waals surface area contributed by atoms with Gasteiger partial charge in [0.05, 0.1) is 18.0 Å². The molecule has 2 rings (SSSR count). The van der Waals surface area contributed by atoms with E-state index in [1.54, 1.807) is 45.0 Å². The minimum absolute atomic E-state index is 0.135. The van der Waals surface area contributed by atoms with Crippen molar-refractivity contribution in [3.8, 4) is 0 Å². The first-order chi connectivity index (χ1) is 9.33. The molecule has 20 heavy (non-hydrogen) atoms. The van der Waals surface area contributed by atoms with Crippen molar-refractivity contribution in [2.75, 3.05) is 5.73 Å². The number of hydrogen-bond acceptors (Lipinski definition) is 4. The van der Waals surface area contributed by atoms with Crippen LogP contribution in [0.25, 0.3) is 0 Å². The van der Waals surface area contributed by atoms with Gasteiger partial charge in [-0.15, -0.1) is 0 Å². The number of sulfonamides is 1. The Morgan fingerprint density at radius 1 is 1.20 bits per heavy atom. The monoisotopic (exact) mass is 294 g/mol. The lowest BCUT2D eigenvalue weighted by molar-refractivity contribution is 0.459. The summed E-state index contributed by atoms with van der Waals surface area (Å²) in [6.45, 7) is 5.23. The predicted molar refractivity (Wildman–Crippen MR) is 77.8 cm³/mol. The minimum Gasteiger partial charge on any atom is -0.468 e. The van der Waals surface area contributed by atoms with Crippen molar-refractivity contribution in [1.29, 1.82) is 0 Å². The van der Waals surface area contributed by atoms with E-state index in [4.69, 9.17) is 10.2 Å². The number of nitrogen functional groups attached to an aromatic ring is 1. The lowest BCUT2D eigenvalue weighted by Gasteiger charge is -2.16. The zero-order chi connectivity index (χ0) is 14.9. The minimum atomic E-state index is -3.70. The van der Waals surface area contributed by atoms with Gasteiger partial charge in [-0.1, -0.05) is 12.1 Å². The number of rotatable bonds is 4. The molecule has 2 aromatic rings. The fraction of sp³-hybridized carbons (Fsp3) is 0.286. The van der Waals surface area contributed by atoms with E-state index >= 15 is 0 Å². The molecule has 0 radical (unpaired) electrons. The van der Waals surface area contributed by atoms with Gasteiger partial charge in [0.1, 0.15) is 10.7 Å². The third-order valence-corrected chi connectivity index (χ3v) is 4.92. The van der Waals surface area contributed by atoms with Gasteiger partial charge in [-0.3, -0.25) is 0 Å². The second-order valence-electron chi connectivity index (χ2n) is 4.80. The average Bonchev–Trinajstić information content (AvgIpc) is 2.87. The number of aryl methyl sites for hydroxylation is 2. The predicted octanol–water partition coefficient (Wildman–Crippen LogP) is 2.52. The fourth-order valence-corrected chi connectivity index (χ4v) is 3.69. The Bertz CT molecular complexity index is 706. The third kappa shape index (κ3) is 2.71. The average molecular weight is 294 g/mol. The molecule has 0 aliphatic carbocycles. The smallest absolute Gasteiger partial charge is 0.243 e. The van der Waals surface area contributed by atoms with E-state index in [1.807, 2.05) is 0 Å². The number of nitrogens with two attached hydrogens (primary N) is 1. The summed E-state index contributed by atoms with van der Waals surface area (Å²) in [5, 5.41) is 0.